The molecule has 0 fully saturated rings. The molecule has 0 saturated heterocycles. The van der Waals surface area contributed by atoms with E-state index in [0.29, 0.717) is 38.2 Å². The maximum Gasteiger partial charge on any atom is 0.341 e. The molecular formula is C25H21ClN2O4S. The average molecular weight is 481 g/mol. The quantitative estimate of drug-likeness (QED) is 0.313. The number of ether oxygens (including phenoxy) is 1. The predicted molar refractivity (Wildman–Crippen MR) is 130 cm³/mol. The number of amides is 1. The lowest BCUT2D eigenvalue weighted by molar-refractivity contribution is 0.0603. The molecule has 4 aromatic rings. The van der Waals surface area contributed by atoms with E-state index in [1.54, 1.807) is 31.2 Å². The highest BCUT2D eigenvalue weighted by Gasteiger charge is 2.27. The highest BCUT2D eigenvalue weighted by atomic mass is 35.5. The van der Waals surface area contributed by atoms with Crippen molar-refractivity contribution in [2.45, 2.75) is 20.3 Å². The Hall–Kier alpha value is -3.42. The summed E-state index contributed by atoms with van der Waals surface area (Å²) in [4.78, 5) is 26.0. The summed E-state index contributed by atoms with van der Waals surface area (Å²) < 4.78 is 10.3. The number of anilines is 1. The Morgan fingerprint density at radius 2 is 1.82 bits per heavy atom. The first-order valence-corrected chi connectivity index (χ1v) is 11.5. The van der Waals surface area contributed by atoms with Crippen LogP contribution in [-0.2, 0) is 11.2 Å². The molecule has 0 aliphatic carbocycles. The van der Waals surface area contributed by atoms with E-state index >= 15 is 0 Å². The van der Waals surface area contributed by atoms with Crippen LogP contribution in [0.25, 0.3) is 22.4 Å². The highest BCUT2D eigenvalue weighted by molar-refractivity contribution is 7.15. The zero-order chi connectivity index (χ0) is 23.5. The Balaban J connectivity index is 1.73. The minimum absolute atomic E-state index is 0.251. The summed E-state index contributed by atoms with van der Waals surface area (Å²) in [7, 11) is 1.31. The van der Waals surface area contributed by atoms with Crippen LogP contribution in [0.15, 0.2) is 58.4 Å². The van der Waals surface area contributed by atoms with Gasteiger partial charge in [0, 0.05) is 16.5 Å². The zero-order valence-electron chi connectivity index (χ0n) is 18.3. The number of hydrogen-bond acceptors (Lipinski definition) is 6. The molecule has 0 saturated carbocycles. The molecule has 0 spiro atoms. The van der Waals surface area contributed by atoms with Crippen molar-refractivity contribution >= 4 is 39.8 Å². The van der Waals surface area contributed by atoms with Crippen molar-refractivity contribution < 1.29 is 18.8 Å². The van der Waals surface area contributed by atoms with Crippen molar-refractivity contribution in [3.8, 4) is 22.4 Å². The SMILES string of the molecule is CCc1ccc(-c2csc(NC(=O)c3c(-c4ccccc4Cl)noc3C)c2C(=O)OC)cc1. The third-order valence-electron chi connectivity index (χ3n) is 5.30. The van der Waals surface area contributed by atoms with Crippen molar-refractivity contribution in [2.24, 2.45) is 0 Å². The van der Waals surface area contributed by atoms with Gasteiger partial charge in [-0.2, -0.15) is 0 Å². The number of aryl methyl sites for hydroxylation is 2. The number of aromatic nitrogens is 1. The molecule has 0 aliphatic rings. The van der Waals surface area contributed by atoms with Gasteiger partial charge in [-0.15, -0.1) is 11.3 Å². The number of nitrogens with one attached hydrogen (secondary N) is 1. The van der Waals surface area contributed by atoms with Gasteiger partial charge in [0.2, 0.25) is 0 Å². The summed E-state index contributed by atoms with van der Waals surface area (Å²) in [6.07, 6.45) is 0.918. The van der Waals surface area contributed by atoms with Gasteiger partial charge in [0.1, 0.15) is 27.6 Å². The molecule has 8 heteroatoms. The van der Waals surface area contributed by atoms with Crippen molar-refractivity contribution in [1.29, 1.82) is 0 Å². The van der Waals surface area contributed by atoms with Crippen LogP contribution in [0.3, 0.4) is 0 Å². The standard InChI is InChI=1S/C25H21ClN2O4S/c1-4-15-9-11-16(12-10-15)18-13-33-24(21(18)25(30)31-3)27-23(29)20-14(2)32-28-22(20)17-7-5-6-8-19(17)26/h5-13H,4H2,1-3H3,(H,27,29). The summed E-state index contributed by atoms with van der Waals surface area (Å²) in [6, 6.07) is 15.0. The van der Waals surface area contributed by atoms with Gasteiger partial charge in [-0.25, -0.2) is 4.79 Å². The molecule has 2 aromatic heterocycles. The Morgan fingerprint density at radius 3 is 2.48 bits per heavy atom. The number of carbonyl (C=O) groups is 2. The van der Waals surface area contributed by atoms with E-state index in [1.807, 2.05) is 29.6 Å². The smallest absolute Gasteiger partial charge is 0.341 e. The first-order chi connectivity index (χ1) is 15.9. The number of thiophene rings is 1. The molecule has 0 radical (unpaired) electrons. The van der Waals surface area contributed by atoms with Crippen LogP contribution in [0.5, 0.6) is 0 Å². The molecule has 1 amide bonds. The first-order valence-electron chi connectivity index (χ1n) is 10.3. The molecule has 2 aromatic carbocycles. The molecule has 168 valence electrons. The van der Waals surface area contributed by atoms with Gasteiger partial charge in [-0.3, -0.25) is 4.79 Å². The molecule has 0 bridgehead atoms. The fourth-order valence-electron chi connectivity index (χ4n) is 3.53. The molecule has 33 heavy (non-hydrogen) atoms. The van der Waals surface area contributed by atoms with Gasteiger partial charge >= 0.3 is 5.97 Å². The van der Waals surface area contributed by atoms with Crippen LogP contribution in [-0.4, -0.2) is 24.1 Å². The number of benzene rings is 2. The third kappa shape index (κ3) is 4.42. The molecular weight excluding hydrogens is 460 g/mol. The number of esters is 1. The molecule has 0 aliphatic heterocycles. The van der Waals surface area contributed by atoms with Gasteiger partial charge in [-0.1, -0.05) is 66.1 Å². The van der Waals surface area contributed by atoms with Crippen molar-refractivity contribution in [2.75, 3.05) is 12.4 Å². The number of halogens is 1. The van der Waals surface area contributed by atoms with Gasteiger partial charge < -0.3 is 14.6 Å². The number of rotatable bonds is 6. The minimum atomic E-state index is -0.533. The maximum absolute atomic E-state index is 13.3. The Labute approximate surface area is 200 Å². The first kappa shape index (κ1) is 22.8. The van der Waals surface area contributed by atoms with E-state index in [9.17, 15) is 9.59 Å². The second-order valence-corrected chi connectivity index (χ2v) is 8.58. The number of methoxy groups -OCH3 is 1. The van der Waals surface area contributed by atoms with Crippen LogP contribution in [0.2, 0.25) is 5.02 Å². The van der Waals surface area contributed by atoms with Gasteiger partial charge in [0.25, 0.3) is 5.91 Å². The van der Waals surface area contributed by atoms with Crippen LogP contribution < -0.4 is 5.32 Å². The molecule has 0 unspecified atom stereocenters. The monoisotopic (exact) mass is 480 g/mol. The van der Waals surface area contributed by atoms with Crippen LogP contribution in [0.1, 0.15) is 39.0 Å². The number of carbonyl (C=O) groups excluding carboxylic acids is 2. The lowest BCUT2D eigenvalue weighted by Crippen LogP contribution is -2.15. The van der Waals surface area contributed by atoms with Crippen LogP contribution >= 0.6 is 22.9 Å². The maximum atomic E-state index is 13.3. The minimum Gasteiger partial charge on any atom is -0.465 e. The largest absolute Gasteiger partial charge is 0.465 e. The Bertz CT molecular complexity index is 1320. The van der Waals surface area contributed by atoms with Gasteiger partial charge in [0.15, 0.2) is 0 Å². The molecule has 6 nitrogen and oxygen atoms in total. The number of hydrogen-bond donors (Lipinski definition) is 1. The number of nitrogens with zero attached hydrogens (tertiary/aromatic N) is 1. The van der Waals surface area contributed by atoms with Gasteiger partial charge in [0.05, 0.1) is 12.1 Å². The molecule has 2 heterocycles. The highest BCUT2D eigenvalue weighted by Crippen LogP contribution is 2.38. The lowest BCUT2D eigenvalue weighted by atomic mass is 10.0. The summed E-state index contributed by atoms with van der Waals surface area (Å²) in [5, 5.41) is 9.55. The van der Waals surface area contributed by atoms with E-state index in [1.165, 1.54) is 24.0 Å². The second kappa shape index (κ2) is 9.60. The summed E-state index contributed by atoms with van der Waals surface area (Å²) in [5.74, 6) is -0.646. The van der Waals surface area contributed by atoms with Crippen molar-refractivity contribution in [3.05, 3.63) is 81.4 Å². The van der Waals surface area contributed by atoms with Crippen molar-refractivity contribution in [1.82, 2.24) is 5.16 Å². The summed E-state index contributed by atoms with van der Waals surface area (Å²) >= 11 is 7.56. The average Bonchev–Trinajstić information content (AvgIpc) is 3.42. The second-order valence-electron chi connectivity index (χ2n) is 7.29. The Morgan fingerprint density at radius 1 is 1.09 bits per heavy atom. The molecule has 1 N–H and O–H groups in total. The van der Waals surface area contributed by atoms with E-state index in [4.69, 9.17) is 20.9 Å². The molecule has 4 rings (SSSR count). The summed E-state index contributed by atoms with van der Waals surface area (Å²) in [5.41, 5.74) is 4.21. The zero-order valence-corrected chi connectivity index (χ0v) is 19.8. The molecule has 0 atom stereocenters. The van der Waals surface area contributed by atoms with Crippen molar-refractivity contribution in [3.63, 3.8) is 0 Å². The lowest BCUT2D eigenvalue weighted by Gasteiger charge is -2.09. The van der Waals surface area contributed by atoms with Crippen LogP contribution in [0, 0.1) is 6.92 Å². The topological polar surface area (TPSA) is 81.4 Å². The fourth-order valence-corrected chi connectivity index (χ4v) is 4.71. The van der Waals surface area contributed by atoms with Gasteiger partial charge in [-0.05, 0) is 30.5 Å². The van der Waals surface area contributed by atoms with E-state index in [-0.39, 0.29) is 5.56 Å². The van der Waals surface area contributed by atoms with Crippen LogP contribution in [0.4, 0.5) is 5.00 Å². The van der Waals surface area contributed by atoms with E-state index in [2.05, 4.69) is 17.4 Å². The predicted octanol–water partition coefficient (Wildman–Crippen LogP) is 6.63. The fraction of sp³-hybridized carbons (Fsp3) is 0.160. The normalized spacial score (nSPS) is 10.8. The summed E-state index contributed by atoms with van der Waals surface area (Å²) in [6.45, 7) is 3.73. The van der Waals surface area contributed by atoms with E-state index in [0.717, 1.165) is 12.0 Å². The Kier molecular flexibility index (Phi) is 6.62. The third-order valence-corrected chi connectivity index (χ3v) is 6.52. The van der Waals surface area contributed by atoms with E-state index < -0.39 is 11.9 Å².